The Kier molecular flexibility index (Phi) is 8.74. The third kappa shape index (κ3) is 5.47. The minimum Gasteiger partial charge on any atom is -0.481 e. The smallest absolute Gasteiger partial charge is 0.314 e. The summed E-state index contributed by atoms with van der Waals surface area (Å²) in [5, 5.41) is 20.6. The molecule has 1 aliphatic heterocycles. The van der Waals surface area contributed by atoms with Crippen LogP contribution in [0.5, 0.6) is 0 Å². The lowest BCUT2D eigenvalue weighted by molar-refractivity contribution is -0.186. The average Bonchev–Trinajstić information content (AvgIpc) is 3.07. The lowest BCUT2D eigenvalue weighted by Crippen LogP contribution is -2.59. The van der Waals surface area contributed by atoms with Crippen LogP contribution in [-0.2, 0) is 4.79 Å². The van der Waals surface area contributed by atoms with E-state index >= 15 is 0 Å². The van der Waals surface area contributed by atoms with Gasteiger partial charge in [0.25, 0.3) is 0 Å². The molecule has 2 N–H and O–H groups in total. The van der Waals surface area contributed by atoms with Crippen molar-refractivity contribution in [2.75, 3.05) is 13.1 Å². The molecular weight excluding hydrogens is 304 g/mol. The van der Waals surface area contributed by atoms with Crippen LogP contribution >= 0.6 is 0 Å². The number of nitrogens with zero attached hydrogens (tertiary/aromatic N) is 2. The molecule has 0 saturated carbocycles. The Labute approximate surface area is 147 Å². The number of carbonyl (C=O) groups is 1. The number of rotatable bonds is 13. The van der Waals surface area contributed by atoms with Gasteiger partial charge in [0.05, 0.1) is 12.9 Å². The van der Waals surface area contributed by atoms with Crippen LogP contribution < -0.4 is 0 Å². The zero-order valence-electron chi connectivity index (χ0n) is 15.8. The molecule has 5 nitrogen and oxygen atoms in total. The Bertz CT molecular complexity index is 409. The molecule has 1 aliphatic rings. The third-order valence-corrected chi connectivity index (χ3v) is 5.55. The van der Waals surface area contributed by atoms with E-state index in [2.05, 4.69) is 11.9 Å². The molecule has 0 bridgehead atoms. The number of unbranched alkanes of at least 4 members (excludes halogenated alkanes) is 8. The lowest BCUT2D eigenvalue weighted by atomic mass is 9.74. The minimum atomic E-state index is -1.42. The van der Waals surface area contributed by atoms with E-state index in [9.17, 15) is 15.0 Å². The first-order valence-corrected chi connectivity index (χ1v) is 9.58. The summed E-state index contributed by atoms with van der Waals surface area (Å²) < 4.78 is 0. The zero-order chi connectivity index (χ0) is 18.1. The summed E-state index contributed by atoms with van der Waals surface area (Å²) in [6.07, 6.45) is 12.8. The maximum atomic E-state index is 11.9. The highest BCUT2D eigenvalue weighted by Gasteiger charge is 2.52. The van der Waals surface area contributed by atoms with Crippen LogP contribution in [0.2, 0.25) is 0 Å². The van der Waals surface area contributed by atoms with Gasteiger partial charge in [-0.25, -0.2) is 0 Å². The molecular formula is C19H36N2O3. The Morgan fingerprint density at radius 1 is 1.08 bits per heavy atom. The van der Waals surface area contributed by atoms with Crippen LogP contribution in [0, 0.1) is 5.41 Å². The molecule has 0 aromatic carbocycles. The molecule has 0 radical (unpaired) electrons. The van der Waals surface area contributed by atoms with Crippen molar-refractivity contribution in [3.05, 3.63) is 0 Å². The van der Waals surface area contributed by atoms with E-state index in [1.807, 2.05) is 0 Å². The van der Waals surface area contributed by atoms with E-state index in [-0.39, 0.29) is 0 Å². The van der Waals surface area contributed by atoms with Crippen LogP contribution in [0.25, 0.3) is 0 Å². The molecule has 0 aliphatic carbocycles. The zero-order valence-corrected chi connectivity index (χ0v) is 15.8. The fourth-order valence-corrected chi connectivity index (χ4v) is 3.36. The highest BCUT2D eigenvalue weighted by atomic mass is 16.4. The van der Waals surface area contributed by atoms with Gasteiger partial charge in [-0.1, -0.05) is 64.7 Å². The minimum absolute atomic E-state index is 0.482. The van der Waals surface area contributed by atoms with Gasteiger partial charge in [-0.2, -0.15) is 0 Å². The number of carboxylic acid groups (broad SMARTS) is 1. The van der Waals surface area contributed by atoms with Crippen LogP contribution in [0.1, 0.15) is 85.0 Å². The number of hydrogen-bond donors (Lipinski definition) is 2. The van der Waals surface area contributed by atoms with E-state index in [1.165, 1.54) is 38.5 Å². The molecule has 0 aromatic heterocycles. The molecule has 5 heteroatoms. The Morgan fingerprint density at radius 2 is 1.62 bits per heavy atom. The Balaban J connectivity index is 2.37. The lowest BCUT2D eigenvalue weighted by Gasteiger charge is -2.45. The van der Waals surface area contributed by atoms with Crippen molar-refractivity contribution in [3.8, 4) is 0 Å². The molecule has 1 rings (SSSR count). The van der Waals surface area contributed by atoms with E-state index in [0.717, 1.165) is 19.3 Å². The van der Waals surface area contributed by atoms with Crippen LogP contribution in [0.4, 0.5) is 0 Å². The highest BCUT2D eigenvalue weighted by Crippen LogP contribution is 2.39. The first kappa shape index (κ1) is 20.9. The number of hydrogen-bond acceptors (Lipinski definition) is 4. The van der Waals surface area contributed by atoms with Crippen LogP contribution in [0.3, 0.4) is 0 Å². The van der Waals surface area contributed by atoms with Crippen molar-refractivity contribution >= 4 is 12.3 Å². The van der Waals surface area contributed by atoms with Crippen LogP contribution in [0.15, 0.2) is 4.99 Å². The summed E-state index contributed by atoms with van der Waals surface area (Å²) in [5.74, 6) is -0.938. The maximum Gasteiger partial charge on any atom is 0.314 e. The van der Waals surface area contributed by atoms with Crippen LogP contribution in [-0.4, -0.2) is 46.2 Å². The van der Waals surface area contributed by atoms with Crippen molar-refractivity contribution in [3.63, 3.8) is 0 Å². The largest absolute Gasteiger partial charge is 0.481 e. The molecule has 0 aromatic rings. The fourth-order valence-electron chi connectivity index (χ4n) is 3.36. The first-order chi connectivity index (χ1) is 11.4. The second kappa shape index (κ2) is 10.0. The standard InChI is InChI=1S/C19H36N2O3/c1-4-5-6-7-8-9-10-11-12-13-18(2,17(22)23)19(3,24)21-15-14-20-16-21/h16,24H,4-15H2,1-3H3,(H,22,23). The van der Waals surface area contributed by atoms with Crippen molar-refractivity contribution in [1.82, 2.24) is 4.90 Å². The molecule has 0 saturated heterocycles. The number of aliphatic imine (C=N–C) groups is 1. The summed E-state index contributed by atoms with van der Waals surface area (Å²) in [4.78, 5) is 17.6. The van der Waals surface area contributed by atoms with E-state index in [4.69, 9.17) is 0 Å². The summed E-state index contributed by atoms with van der Waals surface area (Å²) >= 11 is 0. The molecule has 2 atom stereocenters. The highest BCUT2D eigenvalue weighted by molar-refractivity contribution is 5.76. The number of aliphatic carboxylic acids is 1. The van der Waals surface area contributed by atoms with E-state index in [0.29, 0.717) is 19.5 Å². The molecule has 140 valence electrons. The topological polar surface area (TPSA) is 73.1 Å². The monoisotopic (exact) mass is 340 g/mol. The third-order valence-electron chi connectivity index (χ3n) is 5.55. The van der Waals surface area contributed by atoms with Gasteiger partial charge >= 0.3 is 5.97 Å². The second-order valence-electron chi connectivity index (χ2n) is 7.45. The van der Waals surface area contributed by atoms with Crippen molar-refractivity contribution in [1.29, 1.82) is 0 Å². The van der Waals surface area contributed by atoms with Gasteiger partial charge in [0, 0.05) is 6.54 Å². The SMILES string of the molecule is CCCCCCCCCCCC(C)(C(=O)O)C(C)(O)N1C=NCC1. The van der Waals surface area contributed by atoms with E-state index in [1.54, 1.807) is 25.1 Å². The summed E-state index contributed by atoms with van der Waals surface area (Å²) in [6, 6.07) is 0. The first-order valence-electron chi connectivity index (χ1n) is 9.58. The molecule has 0 amide bonds. The van der Waals surface area contributed by atoms with Crippen molar-refractivity contribution < 1.29 is 15.0 Å². The van der Waals surface area contributed by atoms with Gasteiger partial charge < -0.3 is 15.1 Å². The van der Waals surface area contributed by atoms with Gasteiger partial charge in [0.15, 0.2) is 5.72 Å². The average molecular weight is 341 g/mol. The van der Waals surface area contributed by atoms with Gasteiger partial charge in [-0.3, -0.25) is 9.79 Å². The fraction of sp³-hybridized carbons (Fsp3) is 0.895. The molecule has 1 heterocycles. The normalized spacial score (nSPS) is 19.2. The summed E-state index contributed by atoms with van der Waals surface area (Å²) in [6.45, 7) is 6.68. The molecule has 2 unspecified atom stereocenters. The quantitative estimate of drug-likeness (QED) is 0.496. The van der Waals surface area contributed by atoms with E-state index < -0.39 is 17.1 Å². The summed E-state index contributed by atoms with van der Waals surface area (Å²) in [5.41, 5.74) is -2.61. The van der Waals surface area contributed by atoms with Gasteiger partial charge in [0.2, 0.25) is 0 Å². The van der Waals surface area contributed by atoms with Gasteiger partial charge in [-0.05, 0) is 20.3 Å². The second-order valence-corrected chi connectivity index (χ2v) is 7.45. The predicted molar refractivity (Wildman–Crippen MR) is 98.3 cm³/mol. The predicted octanol–water partition coefficient (Wildman–Crippen LogP) is 4.05. The molecule has 0 spiro atoms. The Hall–Kier alpha value is -1.10. The van der Waals surface area contributed by atoms with Crippen molar-refractivity contribution in [2.45, 2.75) is 90.7 Å². The summed E-state index contributed by atoms with van der Waals surface area (Å²) in [7, 11) is 0. The Morgan fingerprint density at radius 3 is 2.08 bits per heavy atom. The van der Waals surface area contributed by atoms with Gasteiger partial charge in [-0.15, -0.1) is 0 Å². The molecule has 0 fully saturated rings. The van der Waals surface area contributed by atoms with Gasteiger partial charge in [0.1, 0.15) is 5.41 Å². The molecule has 24 heavy (non-hydrogen) atoms. The number of aliphatic hydroxyl groups is 1. The maximum absolute atomic E-state index is 11.9. The van der Waals surface area contributed by atoms with Crippen molar-refractivity contribution in [2.24, 2.45) is 10.4 Å². The number of carboxylic acids is 1.